The summed E-state index contributed by atoms with van der Waals surface area (Å²) >= 11 is 0. The summed E-state index contributed by atoms with van der Waals surface area (Å²) in [6, 6.07) is 0. The number of hydrogen-bond acceptors (Lipinski definition) is 1. The van der Waals surface area contributed by atoms with E-state index in [4.69, 9.17) is 4.74 Å². The lowest BCUT2D eigenvalue weighted by molar-refractivity contribution is 0.125. The molecule has 0 aromatic carbocycles. The van der Waals surface area contributed by atoms with Crippen LogP contribution in [0.4, 0.5) is 0 Å². The van der Waals surface area contributed by atoms with Crippen molar-refractivity contribution in [3.05, 3.63) is 0 Å². The molecule has 182 valence electrons. The minimum absolute atomic E-state index is 0.996. The van der Waals surface area contributed by atoms with E-state index in [1.54, 1.807) is 0 Å². The molecule has 0 aromatic heterocycles. The summed E-state index contributed by atoms with van der Waals surface area (Å²) in [5, 5.41) is 0. The molecule has 0 rings (SSSR count). The molecule has 0 saturated carbocycles. The van der Waals surface area contributed by atoms with E-state index in [0.717, 1.165) is 13.2 Å². The fraction of sp³-hybridized carbons (Fsp3) is 1.00. The van der Waals surface area contributed by atoms with Crippen molar-refractivity contribution in [3.63, 3.8) is 0 Å². The topological polar surface area (TPSA) is 9.23 Å². The lowest BCUT2D eigenvalue weighted by atomic mass is 10.0. The molecule has 0 aliphatic carbocycles. The number of rotatable bonds is 27. The first kappa shape index (κ1) is 30.0. The van der Waals surface area contributed by atoms with Crippen LogP contribution in [0.3, 0.4) is 0 Å². The summed E-state index contributed by atoms with van der Waals surface area (Å²) in [6.45, 7) is 6.59. The van der Waals surface area contributed by atoms with Gasteiger partial charge in [-0.25, -0.2) is 0 Å². The predicted octanol–water partition coefficient (Wildman–Crippen LogP) is 10.8. The van der Waals surface area contributed by atoms with Crippen molar-refractivity contribution in [1.82, 2.24) is 0 Å². The van der Waals surface area contributed by atoms with Gasteiger partial charge >= 0.3 is 0 Å². The van der Waals surface area contributed by atoms with Gasteiger partial charge in [-0.1, -0.05) is 162 Å². The molecule has 0 aliphatic heterocycles. The Morgan fingerprint density at radius 1 is 0.267 bits per heavy atom. The minimum atomic E-state index is 0.996. The largest absolute Gasteiger partial charge is 0.381 e. The molecule has 0 heterocycles. The smallest absolute Gasteiger partial charge is 0.0466 e. The van der Waals surface area contributed by atoms with Crippen LogP contribution < -0.4 is 0 Å². The third-order valence-electron chi connectivity index (χ3n) is 6.53. The average molecular weight is 425 g/mol. The molecule has 0 bridgehead atoms. The van der Waals surface area contributed by atoms with Gasteiger partial charge in [-0.2, -0.15) is 0 Å². The van der Waals surface area contributed by atoms with Crippen molar-refractivity contribution in [2.75, 3.05) is 13.2 Å². The van der Waals surface area contributed by atoms with Gasteiger partial charge in [0.2, 0.25) is 0 Å². The highest BCUT2D eigenvalue weighted by Crippen LogP contribution is 2.13. The van der Waals surface area contributed by atoms with E-state index in [1.807, 2.05) is 0 Å². The molecule has 0 saturated heterocycles. The first-order valence-corrected chi connectivity index (χ1v) is 14.5. The maximum atomic E-state index is 5.83. The lowest BCUT2D eigenvalue weighted by Crippen LogP contribution is -1.97. The minimum Gasteiger partial charge on any atom is -0.381 e. The molecule has 0 aromatic rings. The van der Waals surface area contributed by atoms with E-state index in [1.165, 1.54) is 161 Å². The first-order valence-electron chi connectivity index (χ1n) is 14.5. The number of ether oxygens (including phenoxy) is 1. The average Bonchev–Trinajstić information content (AvgIpc) is 2.76. The first-order chi connectivity index (χ1) is 14.9. The highest BCUT2D eigenvalue weighted by molar-refractivity contribution is 4.50. The standard InChI is InChI=1S/C29H60O/c1-3-5-7-9-11-13-15-17-19-21-23-25-27-29-30-28-26-24-22-20-18-16-14-12-10-8-6-4-2/h3-29H2,1-2H3. The van der Waals surface area contributed by atoms with Crippen LogP contribution in [0.5, 0.6) is 0 Å². The van der Waals surface area contributed by atoms with Crippen molar-refractivity contribution in [2.24, 2.45) is 0 Å². The van der Waals surface area contributed by atoms with Crippen LogP contribution in [0, 0.1) is 0 Å². The molecule has 1 nitrogen and oxygen atoms in total. The van der Waals surface area contributed by atoms with Crippen molar-refractivity contribution in [1.29, 1.82) is 0 Å². The zero-order valence-corrected chi connectivity index (χ0v) is 21.5. The number of hydrogen-bond donors (Lipinski definition) is 0. The lowest BCUT2D eigenvalue weighted by Gasteiger charge is -2.05. The van der Waals surface area contributed by atoms with Crippen molar-refractivity contribution >= 4 is 0 Å². The summed E-state index contributed by atoms with van der Waals surface area (Å²) in [6.07, 6.45) is 35.6. The third-order valence-corrected chi connectivity index (χ3v) is 6.53. The zero-order chi connectivity index (χ0) is 21.8. The second kappa shape index (κ2) is 29.0. The molecule has 1 heteroatoms. The normalized spacial score (nSPS) is 11.4. The van der Waals surface area contributed by atoms with Crippen LogP contribution in [0.1, 0.15) is 174 Å². The fourth-order valence-electron chi connectivity index (χ4n) is 4.37. The van der Waals surface area contributed by atoms with Gasteiger partial charge < -0.3 is 4.74 Å². The molecule has 0 radical (unpaired) electrons. The summed E-state index contributed by atoms with van der Waals surface area (Å²) in [7, 11) is 0. The molecular formula is C29H60O. The van der Waals surface area contributed by atoms with E-state index in [-0.39, 0.29) is 0 Å². The molecule has 0 amide bonds. The Balaban J connectivity index is 2.97. The van der Waals surface area contributed by atoms with Gasteiger partial charge in [0.15, 0.2) is 0 Å². The molecule has 0 unspecified atom stereocenters. The SMILES string of the molecule is CCCCCCCCCCCCCCCOCCCCCCCCCCCCCC. The second-order valence-electron chi connectivity index (χ2n) is 9.74. The van der Waals surface area contributed by atoms with Gasteiger partial charge in [0.05, 0.1) is 0 Å². The Morgan fingerprint density at radius 3 is 0.700 bits per heavy atom. The molecule has 0 N–H and O–H groups in total. The Kier molecular flexibility index (Phi) is 28.9. The van der Waals surface area contributed by atoms with Gasteiger partial charge in [-0.15, -0.1) is 0 Å². The van der Waals surface area contributed by atoms with Crippen molar-refractivity contribution < 1.29 is 4.74 Å². The Labute approximate surface area is 192 Å². The monoisotopic (exact) mass is 424 g/mol. The van der Waals surface area contributed by atoms with Crippen LogP contribution in [0.2, 0.25) is 0 Å². The van der Waals surface area contributed by atoms with Gasteiger partial charge in [0.1, 0.15) is 0 Å². The molecule has 0 aliphatic rings. The highest BCUT2D eigenvalue weighted by atomic mass is 16.5. The van der Waals surface area contributed by atoms with Crippen LogP contribution >= 0.6 is 0 Å². The van der Waals surface area contributed by atoms with E-state index in [0.29, 0.717) is 0 Å². The molecule has 0 spiro atoms. The maximum absolute atomic E-state index is 5.83. The summed E-state index contributed by atoms with van der Waals surface area (Å²) in [5.41, 5.74) is 0. The van der Waals surface area contributed by atoms with Crippen LogP contribution in [-0.4, -0.2) is 13.2 Å². The number of unbranched alkanes of at least 4 members (excludes halogenated alkanes) is 23. The predicted molar refractivity (Wildman–Crippen MR) is 138 cm³/mol. The van der Waals surface area contributed by atoms with Crippen molar-refractivity contribution in [3.8, 4) is 0 Å². The van der Waals surface area contributed by atoms with Gasteiger partial charge in [-0.3, -0.25) is 0 Å². The van der Waals surface area contributed by atoms with E-state index in [9.17, 15) is 0 Å². The summed E-state index contributed by atoms with van der Waals surface area (Å²) in [5.74, 6) is 0. The summed E-state index contributed by atoms with van der Waals surface area (Å²) < 4.78 is 5.83. The molecular weight excluding hydrogens is 364 g/mol. The molecule has 30 heavy (non-hydrogen) atoms. The van der Waals surface area contributed by atoms with Gasteiger partial charge in [0, 0.05) is 13.2 Å². The van der Waals surface area contributed by atoms with Crippen LogP contribution in [0.25, 0.3) is 0 Å². The van der Waals surface area contributed by atoms with E-state index >= 15 is 0 Å². The van der Waals surface area contributed by atoms with Crippen molar-refractivity contribution in [2.45, 2.75) is 174 Å². The third kappa shape index (κ3) is 28.0. The zero-order valence-electron chi connectivity index (χ0n) is 21.5. The Bertz CT molecular complexity index is 248. The van der Waals surface area contributed by atoms with E-state index in [2.05, 4.69) is 13.8 Å². The fourth-order valence-corrected chi connectivity index (χ4v) is 4.37. The van der Waals surface area contributed by atoms with Crippen LogP contribution in [0.15, 0.2) is 0 Å². The Hall–Kier alpha value is -0.0400. The van der Waals surface area contributed by atoms with Crippen LogP contribution in [-0.2, 0) is 4.74 Å². The van der Waals surface area contributed by atoms with Gasteiger partial charge in [-0.05, 0) is 12.8 Å². The summed E-state index contributed by atoms with van der Waals surface area (Å²) in [4.78, 5) is 0. The maximum Gasteiger partial charge on any atom is 0.0466 e. The highest BCUT2D eigenvalue weighted by Gasteiger charge is 1.96. The van der Waals surface area contributed by atoms with Gasteiger partial charge in [0.25, 0.3) is 0 Å². The second-order valence-corrected chi connectivity index (χ2v) is 9.74. The molecule has 0 fully saturated rings. The molecule has 0 atom stereocenters. The van der Waals surface area contributed by atoms with E-state index < -0.39 is 0 Å². The Morgan fingerprint density at radius 2 is 0.467 bits per heavy atom. The quantitative estimate of drug-likeness (QED) is 0.119.